The van der Waals surface area contributed by atoms with Gasteiger partial charge < -0.3 is 14.7 Å². The van der Waals surface area contributed by atoms with E-state index in [2.05, 4.69) is 20.4 Å². The van der Waals surface area contributed by atoms with Crippen LogP contribution in [0.2, 0.25) is 0 Å². The van der Waals surface area contributed by atoms with Gasteiger partial charge in [-0.15, -0.1) is 10.2 Å². The molecule has 0 radical (unpaired) electrons. The van der Waals surface area contributed by atoms with E-state index in [0.717, 1.165) is 38.0 Å². The molecule has 26 heavy (non-hydrogen) atoms. The third-order valence-electron chi connectivity index (χ3n) is 4.02. The van der Waals surface area contributed by atoms with Crippen LogP contribution in [0.5, 0.6) is 5.75 Å². The first-order valence-electron chi connectivity index (χ1n) is 8.08. The number of hydrogen-bond acceptors (Lipinski definition) is 7. The Labute approximate surface area is 153 Å². The maximum Gasteiger partial charge on any atom is 0.213 e. The Bertz CT molecular complexity index is 1030. The van der Waals surface area contributed by atoms with Crippen LogP contribution in [0.25, 0.3) is 21.5 Å². The number of aromatic nitrogens is 4. The van der Waals surface area contributed by atoms with E-state index in [-0.39, 0.29) is 6.61 Å². The van der Waals surface area contributed by atoms with Crippen LogP contribution in [0.1, 0.15) is 0 Å². The van der Waals surface area contributed by atoms with E-state index < -0.39 is 0 Å². The van der Waals surface area contributed by atoms with Gasteiger partial charge in [-0.25, -0.2) is 0 Å². The highest BCUT2D eigenvalue weighted by Crippen LogP contribution is 2.34. The first kappa shape index (κ1) is 16.5. The lowest BCUT2D eigenvalue weighted by Crippen LogP contribution is -2.20. The number of fused-ring (bicyclic) bond motifs is 1. The molecule has 0 fully saturated rings. The molecule has 4 aromatic rings. The van der Waals surface area contributed by atoms with Crippen molar-refractivity contribution < 1.29 is 9.84 Å². The number of anilines is 2. The highest BCUT2D eigenvalue weighted by atomic mass is 32.1. The maximum atomic E-state index is 9.50. The molecule has 0 bridgehead atoms. The van der Waals surface area contributed by atoms with E-state index in [1.54, 1.807) is 13.3 Å². The molecule has 2 heterocycles. The molecule has 2 N–H and O–H groups in total. The number of benzene rings is 2. The number of hydrogen-bond donors (Lipinski definition) is 2. The molecule has 0 unspecified atom stereocenters. The number of rotatable bonds is 6. The molecule has 132 valence electrons. The highest BCUT2D eigenvalue weighted by molar-refractivity contribution is 7.18. The number of aromatic amines is 1. The fourth-order valence-corrected chi connectivity index (χ4v) is 3.62. The number of nitrogens with one attached hydrogen (secondary N) is 1. The first-order valence-corrected chi connectivity index (χ1v) is 8.89. The van der Waals surface area contributed by atoms with Crippen LogP contribution in [0, 0.1) is 0 Å². The van der Waals surface area contributed by atoms with E-state index in [0.29, 0.717) is 6.54 Å². The molecule has 0 amide bonds. The van der Waals surface area contributed by atoms with Gasteiger partial charge in [-0.3, -0.25) is 5.10 Å². The molecule has 2 aromatic heterocycles. The second kappa shape index (κ2) is 7.11. The Kier molecular flexibility index (Phi) is 4.51. The van der Waals surface area contributed by atoms with Crippen LogP contribution in [0.3, 0.4) is 0 Å². The van der Waals surface area contributed by atoms with E-state index >= 15 is 0 Å². The number of aliphatic hydroxyl groups is 1. The fraction of sp³-hybridized carbons (Fsp3) is 0.167. The van der Waals surface area contributed by atoms with Crippen molar-refractivity contribution in [3.8, 4) is 16.3 Å². The molecular formula is C18H17N5O2S. The molecule has 2 aromatic carbocycles. The van der Waals surface area contributed by atoms with E-state index in [1.807, 2.05) is 47.4 Å². The lowest BCUT2D eigenvalue weighted by molar-refractivity contribution is 0.305. The monoisotopic (exact) mass is 367 g/mol. The van der Waals surface area contributed by atoms with Crippen LogP contribution in [0.4, 0.5) is 10.8 Å². The molecule has 0 saturated carbocycles. The second-order valence-corrected chi connectivity index (χ2v) is 6.59. The summed E-state index contributed by atoms with van der Waals surface area (Å²) >= 11 is 1.47. The highest BCUT2D eigenvalue weighted by Gasteiger charge is 2.16. The van der Waals surface area contributed by atoms with E-state index in [4.69, 9.17) is 4.74 Å². The van der Waals surface area contributed by atoms with Gasteiger partial charge in [0.05, 0.1) is 25.4 Å². The summed E-state index contributed by atoms with van der Waals surface area (Å²) in [5.74, 6) is 0.775. The minimum absolute atomic E-state index is 0.0114. The van der Waals surface area contributed by atoms with Crippen molar-refractivity contribution in [2.75, 3.05) is 25.2 Å². The Morgan fingerprint density at radius 2 is 2.12 bits per heavy atom. The average Bonchev–Trinajstić information content (AvgIpc) is 3.35. The lowest BCUT2D eigenvalue weighted by atomic mass is 10.2. The van der Waals surface area contributed by atoms with Gasteiger partial charge in [-0.1, -0.05) is 23.5 Å². The second-order valence-electron chi connectivity index (χ2n) is 5.64. The molecule has 4 rings (SSSR count). The van der Waals surface area contributed by atoms with Crippen molar-refractivity contribution in [2.45, 2.75) is 0 Å². The summed E-state index contributed by atoms with van der Waals surface area (Å²) in [6, 6.07) is 13.7. The van der Waals surface area contributed by atoms with Crippen LogP contribution in [-0.4, -0.2) is 45.8 Å². The predicted octanol–water partition coefficient (Wildman–Crippen LogP) is 3.22. The van der Waals surface area contributed by atoms with Crippen molar-refractivity contribution in [3.63, 3.8) is 0 Å². The van der Waals surface area contributed by atoms with Gasteiger partial charge in [0.25, 0.3) is 0 Å². The summed E-state index contributed by atoms with van der Waals surface area (Å²) < 4.78 is 5.28. The smallest absolute Gasteiger partial charge is 0.213 e. The van der Waals surface area contributed by atoms with Gasteiger partial charge in [0.2, 0.25) is 5.13 Å². The van der Waals surface area contributed by atoms with Crippen LogP contribution in [-0.2, 0) is 0 Å². The molecule has 0 aliphatic rings. The van der Waals surface area contributed by atoms with Crippen molar-refractivity contribution in [1.82, 2.24) is 20.4 Å². The number of ether oxygens (including phenoxy) is 1. The van der Waals surface area contributed by atoms with Crippen molar-refractivity contribution in [3.05, 3.63) is 48.7 Å². The Morgan fingerprint density at radius 1 is 1.19 bits per heavy atom. The lowest BCUT2D eigenvalue weighted by Gasteiger charge is -2.20. The van der Waals surface area contributed by atoms with Crippen molar-refractivity contribution >= 4 is 33.1 Å². The molecule has 8 heteroatoms. The summed E-state index contributed by atoms with van der Waals surface area (Å²) in [6.07, 6.45) is 1.78. The first-order chi connectivity index (χ1) is 12.8. The summed E-state index contributed by atoms with van der Waals surface area (Å²) in [7, 11) is 1.64. The third kappa shape index (κ3) is 3.12. The van der Waals surface area contributed by atoms with Crippen LogP contribution < -0.4 is 9.64 Å². The number of aliphatic hydroxyl groups excluding tert-OH is 1. The topological polar surface area (TPSA) is 87.2 Å². The zero-order valence-electron chi connectivity index (χ0n) is 14.1. The number of H-pyrrole nitrogens is 1. The minimum Gasteiger partial charge on any atom is -0.497 e. The summed E-state index contributed by atoms with van der Waals surface area (Å²) in [5, 5.41) is 27.7. The van der Waals surface area contributed by atoms with Gasteiger partial charge in [0.15, 0.2) is 0 Å². The van der Waals surface area contributed by atoms with Crippen molar-refractivity contribution in [2.24, 2.45) is 0 Å². The zero-order valence-corrected chi connectivity index (χ0v) is 14.9. The number of methoxy groups -OCH3 is 1. The Hall–Kier alpha value is -2.97. The Balaban J connectivity index is 1.69. The van der Waals surface area contributed by atoms with Gasteiger partial charge in [-0.05, 0) is 30.3 Å². The molecule has 0 aliphatic carbocycles. The standard InChI is InChI=1S/C18H17N5O2S/c1-25-15-4-2-3-12(10-15)17-21-22-18(26-17)23(7-8-24)14-5-6-16-13(9-14)11-19-20-16/h2-6,9-11,24H,7-8H2,1H3,(H,19,20). The molecule has 0 spiro atoms. The van der Waals surface area contributed by atoms with Crippen molar-refractivity contribution in [1.29, 1.82) is 0 Å². The summed E-state index contributed by atoms with van der Waals surface area (Å²) in [6.45, 7) is 0.438. The Morgan fingerprint density at radius 3 is 2.96 bits per heavy atom. The summed E-state index contributed by atoms with van der Waals surface area (Å²) in [5.41, 5.74) is 2.84. The summed E-state index contributed by atoms with van der Waals surface area (Å²) in [4.78, 5) is 1.95. The normalized spacial score (nSPS) is 11.0. The zero-order chi connectivity index (χ0) is 17.9. The molecule has 0 saturated heterocycles. The van der Waals surface area contributed by atoms with Gasteiger partial charge in [-0.2, -0.15) is 5.10 Å². The molecule has 0 aliphatic heterocycles. The molecule has 0 atom stereocenters. The van der Waals surface area contributed by atoms with Gasteiger partial charge in [0, 0.05) is 23.2 Å². The van der Waals surface area contributed by atoms with Gasteiger partial charge in [0.1, 0.15) is 10.8 Å². The maximum absolute atomic E-state index is 9.50. The molecular weight excluding hydrogens is 350 g/mol. The van der Waals surface area contributed by atoms with E-state index in [9.17, 15) is 5.11 Å². The molecule has 7 nitrogen and oxygen atoms in total. The predicted molar refractivity (Wildman–Crippen MR) is 102 cm³/mol. The quantitative estimate of drug-likeness (QED) is 0.544. The third-order valence-corrected chi connectivity index (χ3v) is 5.02. The van der Waals surface area contributed by atoms with Crippen LogP contribution in [0.15, 0.2) is 48.7 Å². The number of nitrogens with zero attached hydrogens (tertiary/aromatic N) is 4. The van der Waals surface area contributed by atoms with E-state index in [1.165, 1.54) is 11.3 Å². The fourth-order valence-electron chi connectivity index (χ4n) is 2.73. The largest absolute Gasteiger partial charge is 0.497 e. The average molecular weight is 367 g/mol. The SMILES string of the molecule is COc1cccc(-c2nnc(N(CCO)c3ccc4[nH]ncc4c3)s2)c1. The van der Waals surface area contributed by atoms with Gasteiger partial charge >= 0.3 is 0 Å². The van der Waals surface area contributed by atoms with Crippen LogP contribution >= 0.6 is 11.3 Å². The minimum atomic E-state index is 0.0114.